The Labute approximate surface area is 169 Å². The molecule has 2 aliphatic rings. The SMILES string of the molecule is B[C@H]1C[C@@H](OP(OCCSC(=O)C(/C=C\C=C)=C/C)N2CCCC2)C(C)O1. The molecule has 2 aliphatic heterocycles. The Balaban J connectivity index is 1.80. The summed E-state index contributed by atoms with van der Waals surface area (Å²) in [4.78, 5) is 12.2. The van der Waals surface area contributed by atoms with Crippen LogP contribution in [0.1, 0.15) is 33.1 Å². The maximum Gasteiger partial charge on any atom is 0.259 e. The lowest BCUT2D eigenvalue weighted by molar-refractivity contribution is -0.107. The van der Waals surface area contributed by atoms with E-state index in [9.17, 15) is 4.79 Å². The first-order chi connectivity index (χ1) is 13.0. The molecule has 150 valence electrons. The van der Waals surface area contributed by atoms with E-state index in [4.69, 9.17) is 13.8 Å². The summed E-state index contributed by atoms with van der Waals surface area (Å²) < 4.78 is 20.5. The molecule has 0 aromatic heterocycles. The van der Waals surface area contributed by atoms with Gasteiger partial charge in [0.05, 0.1) is 18.8 Å². The Kier molecular flexibility index (Phi) is 10.3. The van der Waals surface area contributed by atoms with Gasteiger partial charge in [0.15, 0.2) is 0 Å². The van der Waals surface area contributed by atoms with E-state index in [0.29, 0.717) is 17.9 Å². The van der Waals surface area contributed by atoms with Crippen molar-refractivity contribution in [2.75, 3.05) is 25.4 Å². The van der Waals surface area contributed by atoms with Crippen LogP contribution in [0.5, 0.6) is 0 Å². The molecule has 0 aliphatic carbocycles. The van der Waals surface area contributed by atoms with E-state index >= 15 is 0 Å². The summed E-state index contributed by atoms with van der Waals surface area (Å²) in [5.74, 6) is 0.612. The molecule has 0 N–H and O–H groups in total. The molecule has 8 heteroatoms. The molecule has 0 aromatic carbocycles. The summed E-state index contributed by atoms with van der Waals surface area (Å²) in [5, 5.41) is 0.0530. The van der Waals surface area contributed by atoms with E-state index < -0.39 is 8.53 Å². The molecule has 4 atom stereocenters. The molecule has 0 saturated carbocycles. The van der Waals surface area contributed by atoms with Gasteiger partial charge in [0, 0.05) is 30.4 Å². The predicted molar refractivity (Wildman–Crippen MR) is 117 cm³/mol. The van der Waals surface area contributed by atoms with Crippen LogP contribution in [-0.4, -0.2) is 61.3 Å². The van der Waals surface area contributed by atoms with Crippen LogP contribution in [0.3, 0.4) is 0 Å². The van der Waals surface area contributed by atoms with Crippen molar-refractivity contribution in [3.8, 4) is 0 Å². The maximum atomic E-state index is 12.2. The van der Waals surface area contributed by atoms with Gasteiger partial charge >= 0.3 is 0 Å². The predicted octanol–water partition coefficient (Wildman–Crippen LogP) is 3.43. The molecule has 2 heterocycles. The number of hydrogen-bond acceptors (Lipinski definition) is 6. The lowest BCUT2D eigenvalue weighted by Gasteiger charge is -2.29. The maximum absolute atomic E-state index is 12.2. The van der Waals surface area contributed by atoms with Gasteiger partial charge in [0.1, 0.15) is 7.85 Å². The van der Waals surface area contributed by atoms with Gasteiger partial charge in [0.2, 0.25) is 5.12 Å². The molecular formula is C19H31BNO4PS. The van der Waals surface area contributed by atoms with E-state index in [1.54, 1.807) is 18.2 Å². The third kappa shape index (κ3) is 7.49. The van der Waals surface area contributed by atoms with Crippen LogP contribution in [0.4, 0.5) is 0 Å². The van der Waals surface area contributed by atoms with Crippen LogP contribution in [-0.2, 0) is 18.6 Å². The monoisotopic (exact) mass is 411 g/mol. The smallest absolute Gasteiger partial charge is 0.259 e. The van der Waals surface area contributed by atoms with Crippen LogP contribution in [0.2, 0.25) is 0 Å². The zero-order valence-electron chi connectivity index (χ0n) is 16.6. The average molecular weight is 411 g/mol. The second-order valence-corrected chi connectivity index (χ2v) is 9.32. The second-order valence-electron chi connectivity index (χ2n) is 6.74. The third-order valence-electron chi connectivity index (χ3n) is 4.55. The fourth-order valence-electron chi connectivity index (χ4n) is 3.10. The largest absolute Gasteiger partial charge is 0.381 e. The van der Waals surface area contributed by atoms with Crippen LogP contribution in [0.25, 0.3) is 0 Å². The number of rotatable bonds is 10. The van der Waals surface area contributed by atoms with Crippen molar-refractivity contribution >= 4 is 33.2 Å². The van der Waals surface area contributed by atoms with Crippen LogP contribution in [0.15, 0.2) is 36.5 Å². The lowest BCUT2D eigenvalue weighted by Crippen LogP contribution is -2.25. The fraction of sp³-hybridized carbons (Fsp3) is 0.632. The highest BCUT2D eigenvalue weighted by atomic mass is 32.2. The minimum atomic E-state index is -1.09. The molecule has 0 aromatic rings. The van der Waals surface area contributed by atoms with E-state index in [0.717, 1.165) is 19.5 Å². The first kappa shape index (κ1) is 22.9. The Bertz CT molecular complexity index is 554. The molecule has 0 bridgehead atoms. The molecule has 2 saturated heterocycles. The summed E-state index contributed by atoms with van der Waals surface area (Å²) in [6.07, 6.45) is 10.5. The minimum absolute atomic E-state index is 0.0530. The minimum Gasteiger partial charge on any atom is -0.381 e. The van der Waals surface area contributed by atoms with Crippen molar-refractivity contribution in [2.24, 2.45) is 0 Å². The Hall–Kier alpha value is -0.425. The molecule has 0 radical (unpaired) electrons. The van der Waals surface area contributed by atoms with Crippen molar-refractivity contribution < 1.29 is 18.6 Å². The number of nitrogens with zero attached hydrogens (tertiary/aromatic N) is 1. The second kappa shape index (κ2) is 12.2. The molecule has 2 fully saturated rings. The van der Waals surface area contributed by atoms with Crippen molar-refractivity contribution in [1.82, 2.24) is 4.67 Å². The molecule has 2 unspecified atom stereocenters. The Morgan fingerprint density at radius 3 is 2.78 bits per heavy atom. The van der Waals surface area contributed by atoms with Crippen molar-refractivity contribution in [3.63, 3.8) is 0 Å². The van der Waals surface area contributed by atoms with Gasteiger partial charge in [-0.15, -0.1) is 0 Å². The van der Waals surface area contributed by atoms with E-state index in [1.165, 1.54) is 24.6 Å². The Morgan fingerprint density at radius 2 is 2.19 bits per heavy atom. The van der Waals surface area contributed by atoms with Crippen LogP contribution < -0.4 is 0 Å². The molecule has 0 spiro atoms. The van der Waals surface area contributed by atoms with Gasteiger partial charge in [-0.1, -0.05) is 42.6 Å². The van der Waals surface area contributed by atoms with Gasteiger partial charge in [0.25, 0.3) is 8.53 Å². The number of carbonyl (C=O) groups is 1. The summed E-state index contributed by atoms with van der Waals surface area (Å²) in [5.41, 5.74) is 0.684. The van der Waals surface area contributed by atoms with Crippen LogP contribution in [0, 0.1) is 0 Å². The number of hydrogen-bond donors (Lipinski definition) is 0. The van der Waals surface area contributed by atoms with E-state index in [-0.39, 0.29) is 23.3 Å². The van der Waals surface area contributed by atoms with Crippen LogP contribution >= 0.6 is 20.3 Å². The average Bonchev–Trinajstić information content (AvgIpc) is 3.28. The quantitative estimate of drug-likeness (QED) is 0.181. The highest BCUT2D eigenvalue weighted by Gasteiger charge is 2.35. The number of allylic oxidation sites excluding steroid dienone is 4. The van der Waals surface area contributed by atoms with Gasteiger partial charge in [-0.05, 0) is 33.1 Å². The van der Waals surface area contributed by atoms with E-state index in [2.05, 4.69) is 26.0 Å². The molecule has 2 rings (SSSR count). The van der Waals surface area contributed by atoms with Gasteiger partial charge < -0.3 is 13.8 Å². The zero-order valence-corrected chi connectivity index (χ0v) is 18.3. The Morgan fingerprint density at radius 1 is 1.44 bits per heavy atom. The highest BCUT2D eigenvalue weighted by Crippen LogP contribution is 2.48. The number of carbonyl (C=O) groups excluding carboxylic acids is 1. The molecule has 0 amide bonds. The number of ether oxygens (including phenoxy) is 1. The summed E-state index contributed by atoms with van der Waals surface area (Å²) in [6, 6.07) is 0.233. The highest BCUT2D eigenvalue weighted by molar-refractivity contribution is 8.14. The summed E-state index contributed by atoms with van der Waals surface area (Å²) >= 11 is 1.28. The molecular weight excluding hydrogens is 380 g/mol. The third-order valence-corrected chi connectivity index (χ3v) is 7.14. The first-order valence-electron chi connectivity index (χ1n) is 9.67. The van der Waals surface area contributed by atoms with Gasteiger partial charge in [-0.2, -0.15) is 0 Å². The van der Waals surface area contributed by atoms with E-state index in [1.807, 2.05) is 13.0 Å². The van der Waals surface area contributed by atoms with Crippen molar-refractivity contribution in [1.29, 1.82) is 0 Å². The van der Waals surface area contributed by atoms with Crippen molar-refractivity contribution in [2.45, 2.75) is 51.3 Å². The number of thioether (sulfide) groups is 1. The van der Waals surface area contributed by atoms with Gasteiger partial charge in [-0.3, -0.25) is 4.79 Å². The normalized spacial score (nSPS) is 28.1. The first-order valence-corrected chi connectivity index (χ1v) is 11.8. The molecule has 5 nitrogen and oxygen atoms in total. The standard InChI is InChI=1S/C19H31BNO4PS/c1-4-6-9-16(5-2)19(22)27-13-12-23-26(21-10-7-8-11-21)25-17-14-18(20)24-15(17)3/h4-6,9,15,17-18H,1,7-8,10-14,20H2,2-3H3/b9-6-,16-5+/t15?,17-,18-,26?/m1/s1. The zero-order chi connectivity index (χ0) is 19.6. The lowest BCUT2D eigenvalue weighted by atomic mass is 9.96. The molecule has 27 heavy (non-hydrogen) atoms. The summed E-state index contributed by atoms with van der Waals surface area (Å²) in [6.45, 7) is 10.1. The van der Waals surface area contributed by atoms with Gasteiger partial charge in [-0.25, -0.2) is 4.67 Å². The van der Waals surface area contributed by atoms with Crippen molar-refractivity contribution in [3.05, 3.63) is 36.5 Å². The fourth-order valence-corrected chi connectivity index (χ4v) is 5.63. The summed E-state index contributed by atoms with van der Waals surface area (Å²) in [7, 11) is 0.993. The topological polar surface area (TPSA) is 48.0 Å².